The number of aliphatic carboxylic acids is 1. The van der Waals surface area contributed by atoms with Gasteiger partial charge in [-0.1, -0.05) is 51.2 Å². The number of carbonyl (C=O) groups is 7. The summed E-state index contributed by atoms with van der Waals surface area (Å²) in [7, 11) is 1.67. The highest BCUT2D eigenvalue weighted by Crippen LogP contribution is 2.26. The smallest absolute Gasteiger partial charge is 0.410 e. The highest BCUT2D eigenvalue weighted by Gasteiger charge is 2.36. The number of nitrogens with one attached hydrogen (secondary N) is 6. The number of rotatable bonds is 22. The van der Waals surface area contributed by atoms with Crippen molar-refractivity contribution >= 4 is 42.0 Å². The van der Waals surface area contributed by atoms with Gasteiger partial charge in [-0.2, -0.15) is 0 Å². The van der Waals surface area contributed by atoms with Crippen LogP contribution in [0, 0.1) is 5.92 Å². The topological polar surface area (TPSA) is 252 Å². The molecule has 0 aliphatic heterocycles. The number of carbonyl (C=O) groups excluding carboxylic acids is 6. The maximum absolute atomic E-state index is 14.2. The molecule has 1 aliphatic carbocycles. The van der Waals surface area contributed by atoms with E-state index in [0.29, 0.717) is 31.2 Å². The lowest BCUT2D eigenvalue weighted by atomic mass is 9.90. The summed E-state index contributed by atoms with van der Waals surface area (Å²) in [6.07, 6.45) is 4.67. The molecule has 0 spiro atoms. The summed E-state index contributed by atoms with van der Waals surface area (Å²) in [6.45, 7) is 17.0. The first-order chi connectivity index (χ1) is 30.3. The van der Waals surface area contributed by atoms with Gasteiger partial charge in [0.05, 0.1) is 12.6 Å². The van der Waals surface area contributed by atoms with Crippen LogP contribution in [0.3, 0.4) is 0 Å². The average molecular weight is 920 g/mol. The van der Waals surface area contributed by atoms with Crippen molar-refractivity contribution in [2.45, 2.75) is 175 Å². The summed E-state index contributed by atoms with van der Waals surface area (Å²) < 4.78 is 22.1. The molecule has 1 saturated carbocycles. The predicted molar refractivity (Wildman–Crippen MR) is 244 cm³/mol. The van der Waals surface area contributed by atoms with Crippen LogP contribution in [-0.2, 0) is 39.9 Å². The van der Waals surface area contributed by atoms with Gasteiger partial charge in [0.15, 0.2) is 6.04 Å². The van der Waals surface area contributed by atoms with Gasteiger partial charge >= 0.3 is 24.2 Å². The molecule has 6 amide bonds. The monoisotopic (exact) mass is 920 g/mol. The number of likely N-dealkylation sites (N-methyl/N-ethyl adjacent to an activating group) is 1. The van der Waals surface area contributed by atoms with Crippen molar-refractivity contribution in [1.82, 2.24) is 36.8 Å². The molecule has 0 bridgehead atoms. The maximum Gasteiger partial charge on any atom is 0.410 e. The summed E-state index contributed by atoms with van der Waals surface area (Å²) in [5.74, 6) is -3.37. The van der Waals surface area contributed by atoms with Crippen LogP contribution in [0.25, 0.3) is 0 Å². The Labute approximate surface area is 384 Å². The molecule has 19 heteroatoms. The Morgan fingerprint density at radius 3 is 1.86 bits per heavy atom. The van der Waals surface area contributed by atoms with Crippen LogP contribution >= 0.6 is 0 Å². The Morgan fingerprint density at radius 2 is 1.31 bits per heavy atom. The Kier molecular flexibility index (Phi) is 22.8. The van der Waals surface area contributed by atoms with Gasteiger partial charge in [-0.05, 0) is 119 Å². The number of nitrogens with zero attached hydrogens (tertiary/aromatic N) is 1. The number of alkyl carbamates (subject to hydrolysis) is 2. The van der Waals surface area contributed by atoms with E-state index in [-0.39, 0.29) is 37.2 Å². The second kappa shape index (κ2) is 26.6. The normalized spacial score (nSPS) is 15.4. The maximum atomic E-state index is 14.2. The van der Waals surface area contributed by atoms with Crippen molar-refractivity contribution in [1.29, 1.82) is 0 Å². The van der Waals surface area contributed by atoms with Crippen molar-refractivity contribution < 1.29 is 57.6 Å². The molecule has 368 valence electrons. The summed E-state index contributed by atoms with van der Waals surface area (Å²) in [5.41, 5.74) is -1.71. The van der Waals surface area contributed by atoms with Crippen molar-refractivity contribution in [3.63, 3.8) is 0 Å². The zero-order valence-corrected chi connectivity index (χ0v) is 40.5. The van der Waals surface area contributed by atoms with E-state index >= 15 is 0 Å². The summed E-state index contributed by atoms with van der Waals surface area (Å²) in [6, 6.07) is 1.95. The lowest BCUT2D eigenvalue weighted by molar-refractivity contribution is -0.143. The van der Waals surface area contributed by atoms with E-state index in [1.165, 1.54) is 4.90 Å². The van der Waals surface area contributed by atoms with Crippen LogP contribution in [0.5, 0.6) is 5.75 Å². The molecule has 0 heterocycles. The third-order valence-electron chi connectivity index (χ3n) is 9.90. The summed E-state index contributed by atoms with van der Waals surface area (Å²) in [4.78, 5) is 93.7. The van der Waals surface area contributed by atoms with Crippen molar-refractivity contribution in [3.8, 4) is 5.75 Å². The van der Waals surface area contributed by atoms with Gasteiger partial charge < -0.3 is 60.9 Å². The lowest BCUT2D eigenvalue weighted by Crippen LogP contribution is -2.61. The Balaban J connectivity index is 2.29. The molecule has 1 aromatic carbocycles. The van der Waals surface area contributed by atoms with Gasteiger partial charge in [0, 0.05) is 19.6 Å². The molecule has 0 unspecified atom stereocenters. The summed E-state index contributed by atoms with van der Waals surface area (Å²) >= 11 is 0. The number of amides is 6. The van der Waals surface area contributed by atoms with E-state index in [1.54, 1.807) is 93.6 Å². The second-order valence-electron chi connectivity index (χ2n) is 19.4. The minimum Gasteiger partial charge on any atom is -0.491 e. The number of benzene rings is 1. The van der Waals surface area contributed by atoms with Crippen LogP contribution < -0.4 is 36.6 Å². The van der Waals surface area contributed by atoms with Crippen LogP contribution in [-0.4, -0.2) is 126 Å². The van der Waals surface area contributed by atoms with Gasteiger partial charge in [0.2, 0.25) is 17.7 Å². The van der Waals surface area contributed by atoms with Crippen molar-refractivity contribution in [2.75, 3.05) is 33.3 Å². The summed E-state index contributed by atoms with van der Waals surface area (Å²) in [5, 5.41) is 26.4. The van der Waals surface area contributed by atoms with Crippen molar-refractivity contribution in [3.05, 3.63) is 29.8 Å². The fourth-order valence-electron chi connectivity index (χ4n) is 6.88. The molecule has 1 aliphatic rings. The van der Waals surface area contributed by atoms with Gasteiger partial charge in [0.25, 0.3) is 0 Å². The fourth-order valence-corrected chi connectivity index (χ4v) is 6.88. The molecule has 0 aromatic heterocycles. The Bertz CT molecular complexity index is 1710. The van der Waals surface area contributed by atoms with Gasteiger partial charge in [0.1, 0.15) is 41.2 Å². The predicted octanol–water partition coefficient (Wildman–Crippen LogP) is 5.14. The molecule has 0 saturated heterocycles. The number of hydrogen-bond donors (Lipinski definition) is 7. The minimum absolute atomic E-state index is 0.0835. The molecule has 0 radical (unpaired) electrons. The first-order valence-corrected chi connectivity index (χ1v) is 22.7. The van der Waals surface area contributed by atoms with Gasteiger partial charge in [-0.25, -0.2) is 19.2 Å². The standard InChI is InChI=1S/C46H77N7O12/c1-12-19-33(47-11)37(54)52-36(31-21-15-13-14-16-22-31)39(56)50-34(27-49-42(60)64-45(5,6)7)38(55)51-35(40(57)58)29-62-32-23-17-20-30(26-32)28-53(43(61)65-46(8,9)10)25-18-24-48-41(59)63-44(2,3)4/h17,20,23,26,31,33-36,47H,12-16,18-19,21-22,24-25,27-29H2,1-11H3,(H,48,59)(H,49,60)(H,50,56)(H,51,55)(H,52,54)(H,57,58)/t33-,34-,35-,36-/m0/s1. The van der Waals surface area contributed by atoms with E-state index in [4.69, 9.17) is 18.9 Å². The first kappa shape index (κ1) is 55.8. The minimum atomic E-state index is -1.62. The molecule has 65 heavy (non-hydrogen) atoms. The third-order valence-corrected chi connectivity index (χ3v) is 9.90. The highest BCUT2D eigenvalue weighted by molar-refractivity contribution is 5.94. The highest BCUT2D eigenvalue weighted by atomic mass is 16.6. The number of ether oxygens (including phenoxy) is 4. The van der Waals surface area contributed by atoms with Crippen LogP contribution in [0.2, 0.25) is 0 Å². The van der Waals surface area contributed by atoms with Crippen molar-refractivity contribution in [2.24, 2.45) is 5.92 Å². The van der Waals surface area contributed by atoms with E-state index in [2.05, 4.69) is 31.9 Å². The van der Waals surface area contributed by atoms with E-state index in [9.17, 15) is 38.7 Å². The molecular weight excluding hydrogens is 843 g/mol. The number of carboxylic acids is 1. The lowest BCUT2D eigenvalue weighted by Gasteiger charge is -2.30. The molecule has 7 N–H and O–H groups in total. The van der Waals surface area contributed by atoms with Gasteiger partial charge in [-0.3, -0.25) is 14.4 Å². The average Bonchev–Trinajstić information content (AvgIpc) is 3.47. The first-order valence-electron chi connectivity index (χ1n) is 22.7. The molecule has 1 aromatic rings. The Hall–Kier alpha value is -5.33. The van der Waals surface area contributed by atoms with Crippen LogP contribution in [0.4, 0.5) is 14.4 Å². The quantitative estimate of drug-likeness (QED) is 0.0453. The fraction of sp³-hybridized carbons (Fsp3) is 0.717. The van der Waals surface area contributed by atoms with E-state index < -0.39 is 90.2 Å². The molecular formula is C46H77N7O12. The van der Waals surface area contributed by atoms with E-state index in [0.717, 1.165) is 32.1 Å². The second-order valence-corrected chi connectivity index (χ2v) is 19.4. The van der Waals surface area contributed by atoms with Crippen LogP contribution in [0.15, 0.2) is 24.3 Å². The third kappa shape index (κ3) is 22.9. The zero-order chi connectivity index (χ0) is 49.0. The molecule has 1 fully saturated rings. The van der Waals surface area contributed by atoms with E-state index in [1.807, 2.05) is 6.92 Å². The van der Waals surface area contributed by atoms with Gasteiger partial charge in [-0.15, -0.1) is 0 Å². The van der Waals surface area contributed by atoms with Crippen LogP contribution in [0.1, 0.15) is 133 Å². The molecule has 19 nitrogen and oxygen atoms in total. The largest absolute Gasteiger partial charge is 0.491 e. The number of hydrogen-bond acceptors (Lipinski definition) is 12. The zero-order valence-electron chi connectivity index (χ0n) is 40.5. The Morgan fingerprint density at radius 1 is 0.738 bits per heavy atom. The SMILES string of the molecule is CCC[C@H](NC)C(=O)N[C@H](C(=O)N[C@@H](CNC(=O)OC(C)(C)C)C(=O)N[C@@H](COc1cccc(CN(CCCNC(=O)OC(C)(C)C)C(=O)OC(C)(C)C)c1)C(=O)O)C1CCCCCC1. The molecule has 4 atom stereocenters. The number of carboxylic acid groups (broad SMARTS) is 1. The molecule has 2 rings (SSSR count).